The normalized spacial score (nSPS) is 24.1. The molecule has 0 aromatic heterocycles. The number of rotatable bonds is 5. The van der Waals surface area contributed by atoms with Crippen LogP contribution in [0, 0.1) is 0 Å². The maximum absolute atomic E-state index is 6.46. The molecule has 1 aliphatic rings. The summed E-state index contributed by atoms with van der Waals surface area (Å²) < 4.78 is 5.81. The van der Waals surface area contributed by atoms with Crippen LogP contribution in [0.4, 0.5) is 5.69 Å². The number of nitrogens with zero attached hydrogens (tertiary/aromatic N) is 1. The zero-order valence-electron chi connectivity index (χ0n) is 13.3. The summed E-state index contributed by atoms with van der Waals surface area (Å²) in [6.45, 7) is 8.14. The van der Waals surface area contributed by atoms with E-state index in [-0.39, 0.29) is 12.1 Å². The van der Waals surface area contributed by atoms with E-state index >= 15 is 0 Å². The molecule has 1 fully saturated rings. The Bertz CT molecular complexity index is 466. The molecule has 0 spiro atoms. The quantitative estimate of drug-likeness (QED) is 0.902. The van der Waals surface area contributed by atoms with Gasteiger partial charge < -0.3 is 15.4 Å². The van der Waals surface area contributed by atoms with Crippen LogP contribution in [-0.2, 0) is 11.2 Å². The third-order valence-corrected chi connectivity index (χ3v) is 4.69. The fourth-order valence-electron chi connectivity index (χ4n) is 2.90. The van der Waals surface area contributed by atoms with Crippen LogP contribution in [0.5, 0.6) is 0 Å². The van der Waals surface area contributed by atoms with Crippen LogP contribution < -0.4 is 10.6 Å². The van der Waals surface area contributed by atoms with E-state index in [1.165, 1.54) is 11.3 Å². The molecule has 4 heteroatoms. The lowest BCUT2D eigenvalue weighted by molar-refractivity contribution is 0.0299. The number of ether oxygens (including phenoxy) is 1. The Hall–Kier alpha value is -0.770. The molecule has 3 atom stereocenters. The van der Waals surface area contributed by atoms with Crippen LogP contribution in [0.25, 0.3) is 0 Å². The first-order valence-corrected chi connectivity index (χ1v) is 8.35. The molecular weight excluding hydrogens is 284 g/mol. The highest BCUT2D eigenvalue weighted by Gasteiger charge is 2.28. The van der Waals surface area contributed by atoms with E-state index in [2.05, 4.69) is 31.7 Å². The maximum Gasteiger partial charge on any atom is 0.0723 e. The molecule has 2 N–H and O–H groups in total. The molecule has 1 heterocycles. The zero-order valence-corrected chi connectivity index (χ0v) is 14.1. The average Bonchev–Trinajstić information content (AvgIpc) is 2.49. The van der Waals surface area contributed by atoms with Gasteiger partial charge in [0, 0.05) is 23.3 Å². The van der Waals surface area contributed by atoms with Crippen molar-refractivity contribution in [2.75, 3.05) is 18.1 Å². The fourth-order valence-corrected chi connectivity index (χ4v) is 3.15. The van der Waals surface area contributed by atoms with E-state index in [1.54, 1.807) is 0 Å². The lowest BCUT2D eigenvalue weighted by Crippen LogP contribution is -2.49. The number of morpholine rings is 1. The number of nitrogens with two attached hydrogens (primary N) is 1. The number of hydrogen-bond donors (Lipinski definition) is 1. The van der Waals surface area contributed by atoms with E-state index in [4.69, 9.17) is 22.1 Å². The Morgan fingerprint density at radius 1 is 1.43 bits per heavy atom. The molecular formula is C17H27ClN2O. The highest BCUT2D eigenvalue weighted by atomic mass is 35.5. The Morgan fingerprint density at radius 2 is 2.19 bits per heavy atom. The minimum Gasteiger partial charge on any atom is -0.375 e. The van der Waals surface area contributed by atoms with Crippen LogP contribution in [0.2, 0.25) is 5.02 Å². The van der Waals surface area contributed by atoms with E-state index in [1.807, 2.05) is 12.1 Å². The zero-order chi connectivity index (χ0) is 15.4. The second-order valence-corrected chi connectivity index (χ2v) is 6.38. The first-order valence-electron chi connectivity index (χ1n) is 7.98. The van der Waals surface area contributed by atoms with Gasteiger partial charge in [0.1, 0.15) is 0 Å². The Morgan fingerprint density at radius 3 is 2.86 bits per heavy atom. The van der Waals surface area contributed by atoms with Crippen LogP contribution in [0.15, 0.2) is 18.2 Å². The molecule has 0 saturated carbocycles. The van der Waals surface area contributed by atoms with Crippen molar-refractivity contribution >= 4 is 17.3 Å². The van der Waals surface area contributed by atoms with Crippen molar-refractivity contribution in [1.82, 2.24) is 0 Å². The van der Waals surface area contributed by atoms with Gasteiger partial charge in [0.15, 0.2) is 0 Å². The summed E-state index contributed by atoms with van der Waals surface area (Å²) >= 11 is 6.46. The highest BCUT2D eigenvalue weighted by Crippen LogP contribution is 2.32. The number of halogens is 1. The van der Waals surface area contributed by atoms with E-state index < -0.39 is 0 Å². The maximum atomic E-state index is 6.46. The van der Waals surface area contributed by atoms with Gasteiger partial charge >= 0.3 is 0 Å². The number of benzene rings is 1. The van der Waals surface area contributed by atoms with E-state index in [9.17, 15) is 0 Å². The van der Waals surface area contributed by atoms with Crippen molar-refractivity contribution in [3.63, 3.8) is 0 Å². The smallest absolute Gasteiger partial charge is 0.0723 e. The van der Waals surface area contributed by atoms with E-state index in [0.717, 1.165) is 37.4 Å². The molecule has 1 aromatic carbocycles. The Balaban J connectivity index is 2.34. The van der Waals surface area contributed by atoms with Crippen molar-refractivity contribution in [1.29, 1.82) is 0 Å². The predicted molar refractivity (Wildman–Crippen MR) is 90.3 cm³/mol. The molecule has 118 valence electrons. The van der Waals surface area contributed by atoms with Gasteiger partial charge in [-0.3, -0.25) is 0 Å². The van der Waals surface area contributed by atoms with Crippen LogP contribution in [0.3, 0.4) is 0 Å². The minimum atomic E-state index is 0.155. The summed E-state index contributed by atoms with van der Waals surface area (Å²) in [5.41, 5.74) is 8.58. The van der Waals surface area contributed by atoms with Crippen molar-refractivity contribution in [3.8, 4) is 0 Å². The molecule has 3 unspecified atom stereocenters. The predicted octanol–water partition coefficient (Wildman–Crippen LogP) is 3.62. The number of hydrogen-bond acceptors (Lipinski definition) is 3. The van der Waals surface area contributed by atoms with Crippen LogP contribution >= 0.6 is 11.6 Å². The minimum absolute atomic E-state index is 0.155. The average molecular weight is 311 g/mol. The molecule has 21 heavy (non-hydrogen) atoms. The first-order chi connectivity index (χ1) is 10.1. The van der Waals surface area contributed by atoms with Gasteiger partial charge in [0.2, 0.25) is 0 Å². The topological polar surface area (TPSA) is 38.5 Å². The summed E-state index contributed by atoms with van der Waals surface area (Å²) in [4.78, 5) is 2.46. The summed E-state index contributed by atoms with van der Waals surface area (Å²) in [6.07, 6.45) is 3.10. The molecule has 0 radical (unpaired) electrons. The van der Waals surface area contributed by atoms with Gasteiger partial charge in [-0.1, -0.05) is 31.5 Å². The standard InChI is InChI=1S/C17H27ClN2O/c1-4-13(19)9-15-16(18)7-6-8-17(15)20-10-12(3)21-11-14(20)5-2/h6-8,12-14H,4-5,9-11,19H2,1-3H3. The van der Waals surface area contributed by atoms with Gasteiger partial charge in [0.05, 0.1) is 18.8 Å². The fraction of sp³-hybridized carbons (Fsp3) is 0.647. The molecule has 0 amide bonds. The molecule has 3 nitrogen and oxygen atoms in total. The summed E-state index contributed by atoms with van der Waals surface area (Å²) in [5, 5.41) is 0.824. The SMILES string of the molecule is CCC(N)Cc1c(Cl)cccc1N1CC(C)OCC1CC. The number of anilines is 1. The third-order valence-electron chi connectivity index (χ3n) is 4.33. The van der Waals surface area contributed by atoms with Gasteiger partial charge in [-0.15, -0.1) is 0 Å². The molecule has 1 saturated heterocycles. The Labute approximate surface area is 133 Å². The summed E-state index contributed by atoms with van der Waals surface area (Å²) in [5.74, 6) is 0. The molecule has 1 aromatic rings. The summed E-state index contributed by atoms with van der Waals surface area (Å²) in [6, 6.07) is 6.74. The Kier molecular flexibility index (Phi) is 5.91. The van der Waals surface area contributed by atoms with Gasteiger partial charge in [-0.2, -0.15) is 0 Å². The molecule has 1 aliphatic heterocycles. The van der Waals surface area contributed by atoms with Crippen LogP contribution in [0.1, 0.15) is 39.2 Å². The van der Waals surface area contributed by atoms with Crippen molar-refractivity contribution in [2.45, 2.75) is 58.2 Å². The molecule has 2 rings (SSSR count). The second kappa shape index (κ2) is 7.48. The van der Waals surface area contributed by atoms with E-state index in [0.29, 0.717) is 6.04 Å². The highest BCUT2D eigenvalue weighted by molar-refractivity contribution is 6.31. The van der Waals surface area contributed by atoms with Crippen LogP contribution in [-0.4, -0.2) is 31.3 Å². The van der Waals surface area contributed by atoms with Gasteiger partial charge in [-0.05, 0) is 43.9 Å². The van der Waals surface area contributed by atoms with Gasteiger partial charge in [-0.25, -0.2) is 0 Å². The van der Waals surface area contributed by atoms with Crippen molar-refractivity contribution < 1.29 is 4.74 Å². The van der Waals surface area contributed by atoms with Crippen molar-refractivity contribution in [3.05, 3.63) is 28.8 Å². The van der Waals surface area contributed by atoms with Gasteiger partial charge in [0.25, 0.3) is 0 Å². The monoisotopic (exact) mass is 310 g/mol. The lowest BCUT2D eigenvalue weighted by Gasteiger charge is -2.41. The third kappa shape index (κ3) is 3.91. The second-order valence-electron chi connectivity index (χ2n) is 5.97. The molecule has 0 bridgehead atoms. The molecule has 0 aliphatic carbocycles. The summed E-state index contributed by atoms with van der Waals surface area (Å²) in [7, 11) is 0. The first kappa shape index (κ1) is 16.6. The lowest BCUT2D eigenvalue weighted by atomic mass is 10.00. The largest absolute Gasteiger partial charge is 0.375 e. The van der Waals surface area contributed by atoms with Crippen molar-refractivity contribution in [2.24, 2.45) is 5.73 Å².